The van der Waals surface area contributed by atoms with E-state index in [2.05, 4.69) is 11.9 Å². The Kier molecular flexibility index (Phi) is 4.35. The van der Waals surface area contributed by atoms with Crippen LogP contribution in [0.25, 0.3) is 17.0 Å². The number of nitrogens with zero attached hydrogens (tertiary/aromatic N) is 2. The van der Waals surface area contributed by atoms with Gasteiger partial charge in [0.2, 0.25) is 0 Å². The van der Waals surface area contributed by atoms with Crippen molar-refractivity contribution in [3.05, 3.63) is 42.0 Å². The van der Waals surface area contributed by atoms with E-state index in [4.69, 9.17) is 5.11 Å². The Morgan fingerprint density at radius 3 is 2.85 bits per heavy atom. The zero-order chi connectivity index (χ0) is 14.5. The van der Waals surface area contributed by atoms with Gasteiger partial charge in [-0.2, -0.15) is 0 Å². The van der Waals surface area contributed by atoms with Gasteiger partial charge in [0.25, 0.3) is 0 Å². The molecule has 2 rings (SSSR count). The Balaban J connectivity index is 2.55. The predicted octanol–water partition coefficient (Wildman–Crippen LogP) is 3.18. The summed E-state index contributed by atoms with van der Waals surface area (Å²) in [5, 5.41) is 9.81. The van der Waals surface area contributed by atoms with Crippen LogP contribution < -0.4 is 4.90 Å². The number of carbonyl (C=O) groups is 1. The molecule has 0 aliphatic carbocycles. The standard InChI is InChI=1S/C16H18N2O2/c1-3-10-18(2)16-13(8-9-15(19)20)11-12-6-4-5-7-14(12)17-16/h4-9,11H,3,10H2,1-2H3,(H,19,20)/b9-8+. The monoisotopic (exact) mass is 270 g/mol. The smallest absolute Gasteiger partial charge is 0.328 e. The quantitative estimate of drug-likeness (QED) is 0.848. The van der Waals surface area contributed by atoms with Crippen molar-refractivity contribution >= 4 is 28.8 Å². The second-order valence-electron chi connectivity index (χ2n) is 4.69. The fourth-order valence-corrected chi connectivity index (χ4v) is 2.15. The second kappa shape index (κ2) is 6.19. The third-order valence-electron chi connectivity index (χ3n) is 3.06. The number of carboxylic acids is 1. The number of anilines is 1. The Labute approximate surface area is 118 Å². The minimum atomic E-state index is -0.956. The van der Waals surface area contributed by atoms with Crippen molar-refractivity contribution in [3.63, 3.8) is 0 Å². The summed E-state index contributed by atoms with van der Waals surface area (Å²) in [5.74, 6) is -0.148. The molecule has 1 aromatic carbocycles. The third-order valence-corrected chi connectivity index (χ3v) is 3.06. The molecule has 1 aromatic heterocycles. The molecule has 0 aliphatic rings. The molecule has 0 bridgehead atoms. The SMILES string of the molecule is CCCN(C)c1nc2ccccc2cc1/C=C/C(=O)O. The lowest BCUT2D eigenvalue weighted by molar-refractivity contribution is -0.131. The molecular formula is C16H18N2O2. The molecule has 1 N–H and O–H groups in total. The first-order valence-corrected chi connectivity index (χ1v) is 6.63. The topological polar surface area (TPSA) is 53.4 Å². The number of hydrogen-bond acceptors (Lipinski definition) is 3. The first-order chi connectivity index (χ1) is 9.61. The van der Waals surface area contributed by atoms with Gasteiger partial charge in [-0.25, -0.2) is 9.78 Å². The number of aromatic nitrogens is 1. The largest absolute Gasteiger partial charge is 0.478 e. The maximum atomic E-state index is 10.7. The van der Waals surface area contributed by atoms with Gasteiger partial charge in [0.05, 0.1) is 5.52 Å². The lowest BCUT2D eigenvalue weighted by atomic mass is 10.1. The van der Waals surface area contributed by atoms with Gasteiger partial charge in [0.1, 0.15) is 5.82 Å². The van der Waals surface area contributed by atoms with Gasteiger partial charge in [0, 0.05) is 30.6 Å². The number of rotatable bonds is 5. The highest BCUT2D eigenvalue weighted by Gasteiger charge is 2.09. The molecule has 0 saturated heterocycles. The highest BCUT2D eigenvalue weighted by atomic mass is 16.4. The minimum absolute atomic E-state index is 0.808. The van der Waals surface area contributed by atoms with Gasteiger partial charge in [-0.3, -0.25) is 0 Å². The molecule has 0 spiro atoms. The highest BCUT2D eigenvalue weighted by molar-refractivity contribution is 5.90. The number of hydrogen-bond donors (Lipinski definition) is 1. The number of para-hydroxylation sites is 1. The molecule has 2 aromatic rings. The van der Waals surface area contributed by atoms with E-state index in [-0.39, 0.29) is 0 Å². The Morgan fingerprint density at radius 1 is 1.40 bits per heavy atom. The Bertz CT molecular complexity index is 650. The fraction of sp³-hybridized carbons (Fsp3) is 0.250. The summed E-state index contributed by atoms with van der Waals surface area (Å²) in [7, 11) is 1.97. The third kappa shape index (κ3) is 3.15. The Hall–Kier alpha value is -2.36. The molecule has 0 unspecified atom stereocenters. The average Bonchev–Trinajstić information content (AvgIpc) is 2.44. The maximum absolute atomic E-state index is 10.7. The predicted molar refractivity (Wildman–Crippen MR) is 82.0 cm³/mol. The average molecular weight is 270 g/mol. The van der Waals surface area contributed by atoms with Crippen molar-refractivity contribution in [2.75, 3.05) is 18.5 Å². The van der Waals surface area contributed by atoms with Crippen LogP contribution >= 0.6 is 0 Å². The summed E-state index contributed by atoms with van der Waals surface area (Å²) >= 11 is 0. The van der Waals surface area contributed by atoms with E-state index in [9.17, 15) is 4.79 Å². The van der Waals surface area contributed by atoms with Crippen molar-refractivity contribution in [2.45, 2.75) is 13.3 Å². The zero-order valence-corrected chi connectivity index (χ0v) is 11.7. The molecule has 0 aliphatic heterocycles. The summed E-state index contributed by atoms with van der Waals surface area (Å²) in [6.07, 6.45) is 3.76. The van der Waals surface area contributed by atoms with Crippen LogP contribution in [0.15, 0.2) is 36.4 Å². The number of carboxylic acid groups (broad SMARTS) is 1. The van der Waals surface area contributed by atoms with Crippen molar-refractivity contribution in [3.8, 4) is 0 Å². The first kappa shape index (κ1) is 14.1. The molecule has 104 valence electrons. The maximum Gasteiger partial charge on any atom is 0.328 e. The minimum Gasteiger partial charge on any atom is -0.478 e. The van der Waals surface area contributed by atoms with Crippen LogP contribution in [0.3, 0.4) is 0 Å². The molecule has 0 fully saturated rings. The van der Waals surface area contributed by atoms with Crippen molar-refractivity contribution < 1.29 is 9.90 Å². The van der Waals surface area contributed by atoms with E-state index in [0.29, 0.717) is 0 Å². The molecule has 4 nitrogen and oxygen atoms in total. The first-order valence-electron chi connectivity index (χ1n) is 6.63. The van der Waals surface area contributed by atoms with Crippen molar-refractivity contribution in [1.82, 2.24) is 4.98 Å². The van der Waals surface area contributed by atoms with Crippen LogP contribution in [0.5, 0.6) is 0 Å². The Morgan fingerprint density at radius 2 is 2.15 bits per heavy atom. The molecule has 4 heteroatoms. The van der Waals surface area contributed by atoms with Crippen LogP contribution in [0.4, 0.5) is 5.82 Å². The summed E-state index contributed by atoms with van der Waals surface area (Å²) in [4.78, 5) is 17.4. The van der Waals surface area contributed by atoms with E-state index < -0.39 is 5.97 Å². The summed E-state index contributed by atoms with van der Waals surface area (Å²) < 4.78 is 0. The van der Waals surface area contributed by atoms with Gasteiger partial charge in [0.15, 0.2) is 0 Å². The van der Waals surface area contributed by atoms with Gasteiger partial charge >= 0.3 is 5.97 Å². The molecule has 20 heavy (non-hydrogen) atoms. The van der Waals surface area contributed by atoms with Crippen molar-refractivity contribution in [1.29, 1.82) is 0 Å². The highest BCUT2D eigenvalue weighted by Crippen LogP contribution is 2.24. The number of benzene rings is 1. The molecule has 0 radical (unpaired) electrons. The van der Waals surface area contributed by atoms with Gasteiger partial charge in [-0.15, -0.1) is 0 Å². The van der Waals surface area contributed by atoms with Crippen LogP contribution in [-0.4, -0.2) is 29.7 Å². The molecule has 0 amide bonds. The van der Waals surface area contributed by atoms with Crippen molar-refractivity contribution in [2.24, 2.45) is 0 Å². The summed E-state index contributed by atoms with van der Waals surface area (Å²) in [6, 6.07) is 9.81. The molecule has 0 saturated carbocycles. The number of aliphatic carboxylic acids is 1. The normalized spacial score (nSPS) is 11.1. The summed E-state index contributed by atoms with van der Waals surface area (Å²) in [6.45, 7) is 2.98. The molecule has 0 atom stereocenters. The van der Waals surface area contributed by atoms with Gasteiger partial charge in [-0.05, 0) is 24.6 Å². The van der Waals surface area contributed by atoms with E-state index in [1.54, 1.807) is 6.08 Å². The fourth-order valence-electron chi connectivity index (χ4n) is 2.15. The van der Waals surface area contributed by atoms with Crippen LogP contribution in [0.2, 0.25) is 0 Å². The molecule has 1 heterocycles. The van der Waals surface area contributed by atoms with Crippen LogP contribution in [0.1, 0.15) is 18.9 Å². The second-order valence-corrected chi connectivity index (χ2v) is 4.69. The van der Waals surface area contributed by atoms with Gasteiger partial charge < -0.3 is 10.0 Å². The zero-order valence-electron chi connectivity index (χ0n) is 11.7. The lowest BCUT2D eigenvalue weighted by Crippen LogP contribution is -2.20. The van der Waals surface area contributed by atoms with Gasteiger partial charge in [-0.1, -0.05) is 25.1 Å². The summed E-state index contributed by atoms with van der Waals surface area (Å²) in [5.41, 5.74) is 1.74. The molecular weight excluding hydrogens is 252 g/mol. The van der Waals surface area contributed by atoms with E-state index in [1.807, 2.05) is 42.3 Å². The van der Waals surface area contributed by atoms with E-state index in [0.717, 1.165) is 41.3 Å². The van der Waals surface area contributed by atoms with Crippen LogP contribution in [-0.2, 0) is 4.79 Å². The lowest BCUT2D eigenvalue weighted by Gasteiger charge is -2.20. The van der Waals surface area contributed by atoms with E-state index >= 15 is 0 Å². The van der Waals surface area contributed by atoms with E-state index in [1.165, 1.54) is 0 Å². The van der Waals surface area contributed by atoms with Crippen LogP contribution in [0, 0.1) is 0 Å². The number of pyridine rings is 1. The number of fused-ring (bicyclic) bond motifs is 1.